The van der Waals surface area contributed by atoms with Gasteiger partial charge in [-0.2, -0.15) is 4.98 Å². The summed E-state index contributed by atoms with van der Waals surface area (Å²) in [6.45, 7) is 3.76. The van der Waals surface area contributed by atoms with Crippen LogP contribution in [0.4, 0.5) is 6.01 Å². The maximum Gasteiger partial charge on any atom is 0.357 e. The Morgan fingerprint density at radius 2 is 2.24 bits per heavy atom. The summed E-state index contributed by atoms with van der Waals surface area (Å²) in [6, 6.07) is 0.149. The number of carboxylic acids is 1. The SMILES string of the molecule is CC(C)NC(=O)CN(C)c1nc(C(=O)O)co1. The fourth-order valence-electron chi connectivity index (χ4n) is 1.19. The van der Waals surface area contributed by atoms with E-state index in [1.165, 1.54) is 4.90 Å². The smallest absolute Gasteiger partial charge is 0.357 e. The second-order valence-corrected chi connectivity index (χ2v) is 3.90. The van der Waals surface area contributed by atoms with E-state index in [2.05, 4.69) is 10.3 Å². The van der Waals surface area contributed by atoms with E-state index < -0.39 is 5.97 Å². The topological polar surface area (TPSA) is 95.7 Å². The summed E-state index contributed by atoms with van der Waals surface area (Å²) in [5.74, 6) is -1.35. The number of oxazole rings is 1. The van der Waals surface area contributed by atoms with Gasteiger partial charge in [-0.25, -0.2) is 4.79 Å². The molecule has 0 spiro atoms. The Morgan fingerprint density at radius 1 is 1.59 bits per heavy atom. The number of nitrogens with one attached hydrogen (secondary N) is 1. The first-order valence-corrected chi connectivity index (χ1v) is 5.09. The van der Waals surface area contributed by atoms with Gasteiger partial charge in [0.2, 0.25) is 5.91 Å². The van der Waals surface area contributed by atoms with E-state index in [1.807, 2.05) is 13.8 Å². The Morgan fingerprint density at radius 3 is 2.71 bits per heavy atom. The van der Waals surface area contributed by atoms with Crippen molar-refractivity contribution >= 4 is 17.9 Å². The number of hydrogen-bond donors (Lipinski definition) is 2. The molecular formula is C10H15N3O4. The van der Waals surface area contributed by atoms with Crippen LogP contribution in [0.2, 0.25) is 0 Å². The third-order valence-electron chi connectivity index (χ3n) is 1.87. The van der Waals surface area contributed by atoms with Crippen molar-refractivity contribution in [2.75, 3.05) is 18.5 Å². The highest BCUT2D eigenvalue weighted by Crippen LogP contribution is 2.11. The highest BCUT2D eigenvalue weighted by molar-refractivity contribution is 5.85. The van der Waals surface area contributed by atoms with E-state index in [1.54, 1.807) is 7.05 Å². The van der Waals surface area contributed by atoms with E-state index in [0.29, 0.717) is 0 Å². The van der Waals surface area contributed by atoms with Gasteiger partial charge >= 0.3 is 5.97 Å². The molecule has 0 aliphatic heterocycles. The number of carboxylic acid groups (broad SMARTS) is 1. The van der Waals surface area contributed by atoms with Crippen LogP contribution in [0, 0.1) is 0 Å². The summed E-state index contributed by atoms with van der Waals surface area (Å²) in [6.07, 6.45) is 1.04. The molecule has 0 saturated carbocycles. The predicted molar refractivity (Wildman–Crippen MR) is 60.0 cm³/mol. The van der Waals surface area contributed by atoms with Gasteiger partial charge in [0.1, 0.15) is 12.8 Å². The van der Waals surface area contributed by atoms with Crippen molar-refractivity contribution in [3.63, 3.8) is 0 Å². The zero-order valence-electron chi connectivity index (χ0n) is 9.93. The lowest BCUT2D eigenvalue weighted by Gasteiger charge is -2.15. The van der Waals surface area contributed by atoms with Gasteiger partial charge in [0.05, 0.1) is 0 Å². The number of hydrogen-bond acceptors (Lipinski definition) is 5. The minimum Gasteiger partial charge on any atom is -0.476 e. The molecule has 1 heterocycles. The largest absolute Gasteiger partial charge is 0.476 e. The van der Waals surface area contributed by atoms with Crippen molar-refractivity contribution in [2.24, 2.45) is 0 Å². The van der Waals surface area contributed by atoms with Gasteiger partial charge in [-0.3, -0.25) is 4.79 Å². The quantitative estimate of drug-likeness (QED) is 0.771. The van der Waals surface area contributed by atoms with Crippen molar-refractivity contribution in [3.8, 4) is 0 Å². The molecule has 94 valence electrons. The van der Waals surface area contributed by atoms with Crippen LogP contribution in [0.5, 0.6) is 0 Å². The summed E-state index contributed by atoms with van der Waals surface area (Å²) in [4.78, 5) is 27.2. The zero-order chi connectivity index (χ0) is 13.0. The molecule has 17 heavy (non-hydrogen) atoms. The van der Waals surface area contributed by atoms with E-state index in [-0.39, 0.29) is 30.2 Å². The van der Waals surface area contributed by atoms with E-state index in [0.717, 1.165) is 6.26 Å². The summed E-state index contributed by atoms with van der Waals surface area (Å²) >= 11 is 0. The molecular weight excluding hydrogens is 226 g/mol. The molecule has 0 unspecified atom stereocenters. The first-order chi connectivity index (χ1) is 7.90. The number of nitrogens with zero attached hydrogens (tertiary/aromatic N) is 2. The average molecular weight is 241 g/mol. The normalized spacial score (nSPS) is 10.4. The number of carbonyl (C=O) groups excluding carboxylic acids is 1. The summed E-state index contributed by atoms with van der Waals surface area (Å²) < 4.78 is 4.95. The van der Waals surface area contributed by atoms with Gasteiger partial charge in [0.25, 0.3) is 6.01 Å². The molecule has 0 atom stereocenters. The standard InChI is InChI=1S/C10H15N3O4/c1-6(2)11-8(14)4-13(3)10-12-7(5-17-10)9(15)16/h5-6H,4H2,1-3H3,(H,11,14)(H,15,16). The minimum atomic E-state index is -1.17. The number of amides is 1. The van der Waals surface area contributed by atoms with Gasteiger partial charge in [0.15, 0.2) is 5.69 Å². The van der Waals surface area contributed by atoms with E-state index >= 15 is 0 Å². The van der Waals surface area contributed by atoms with Crippen molar-refractivity contribution in [3.05, 3.63) is 12.0 Å². The molecule has 1 amide bonds. The Kier molecular flexibility index (Phi) is 4.08. The molecule has 0 aliphatic carbocycles. The highest BCUT2D eigenvalue weighted by Gasteiger charge is 2.15. The van der Waals surface area contributed by atoms with Crippen LogP contribution in [0.15, 0.2) is 10.7 Å². The van der Waals surface area contributed by atoms with E-state index in [4.69, 9.17) is 9.52 Å². The second kappa shape index (κ2) is 5.33. The molecule has 7 nitrogen and oxygen atoms in total. The summed E-state index contributed by atoms with van der Waals surface area (Å²) in [5.41, 5.74) is -0.184. The van der Waals surface area contributed by atoms with Gasteiger partial charge < -0.3 is 19.7 Å². The number of carbonyl (C=O) groups is 2. The minimum absolute atomic E-state index is 0.0510. The monoisotopic (exact) mass is 241 g/mol. The maximum absolute atomic E-state index is 11.4. The van der Waals surface area contributed by atoms with Crippen molar-refractivity contribution in [1.29, 1.82) is 0 Å². The number of anilines is 1. The lowest BCUT2D eigenvalue weighted by Crippen LogP contribution is -2.38. The fourth-order valence-corrected chi connectivity index (χ4v) is 1.19. The molecule has 0 aliphatic rings. The van der Waals surface area contributed by atoms with E-state index in [9.17, 15) is 9.59 Å². The van der Waals surface area contributed by atoms with Crippen LogP contribution in [0.1, 0.15) is 24.3 Å². The molecule has 1 aromatic rings. The highest BCUT2D eigenvalue weighted by atomic mass is 16.4. The lowest BCUT2D eigenvalue weighted by molar-refractivity contribution is -0.120. The third kappa shape index (κ3) is 3.78. The predicted octanol–water partition coefficient (Wildman–Crippen LogP) is 0.334. The molecule has 0 fully saturated rings. The fraction of sp³-hybridized carbons (Fsp3) is 0.500. The van der Waals surface area contributed by atoms with Crippen molar-refractivity contribution < 1.29 is 19.1 Å². The number of rotatable bonds is 5. The Bertz CT molecular complexity index is 413. The first-order valence-electron chi connectivity index (χ1n) is 5.09. The summed E-state index contributed by atoms with van der Waals surface area (Å²) in [5, 5.41) is 11.4. The molecule has 7 heteroatoms. The molecule has 0 saturated heterocycles. The Labute approximate surface area is 98.4 Å². The molecule has 2 N–H and O–H groups in total. The average Bonchev–Trinajstić information content (AvgIpc) is 2.64. The molecule has 1 rings (SSSR count). The zero-order valence-corrected chi connectivity index (χ0v) is 9.93. The van der Waals surface area contributed by atoms with Gasteiger partial charge in [-0.1, -0.05) is 0 Å². The molecule has 1 aromatic heterocycles. The van der Waals surface area contributed by atoms with Crippen molar-refractivity contribution in [2.45, 2.75) is 19.9 Å². The van der Waals surface area contributed by atoms with Crippen LogP contribution in [-0.2, 0) is 4.79 Å². The van der Waals surface area contributed by atoms with Crippen LogP contribution in [0.25, 0.3) is 0 Å². The number of likely N-dealkylation sites (N-methyl/N-ethyl adjacent to an activating group) is 1. The molecule has 0 bridgehead atoms. The van der Waals surface area contributed by atoms with Gasteiger partial charge in [0, 0.05) is 13.1 Å². The van der Waals surface area contributed by atoms with Crippen LogP contribution in [-0.4, -0.2) is 41.6 Å². The second-order valence-electron chi connectivity index (χ2n) is 3.90. The van der Waals surface area contributed by atoms with Gasteiger partial charge in [-0.15, -0.1) is 0 Å². The molecule has 0 radical (unpaired) electrons. The molecule has 0 aromatic carbocycles. The Hall–Kier alpha value is -2.05. The van der Waals surface area contributed by atoms with Gasteiger partial charge in [-0.05, 0) is 13.8 Å². The van der Waals surface area contributed by atoms with Crippen molar-refractivity contribution in [1.82, 2.24) is 10.3 Å². The third-order valence-corrected chi connectivity index (χ3v) is 1.87. The number of aromatic carboxylic acids is 1. The van der Waals surface area contributed by atoms with Crippen LogP contribution in [0.3, 0.4) is 0 Å². The maximum atomic E-state index is 11.4. The number of aromatic nitrogens is 1. The van der Waals surface area contributed by atoms with Crippen LogP contribution >= 0.6 is 0 Å². The Balaban J connectivity index is 2.60. The van der Waals surface area contributed by atoms with Crippen LogP contribution < -0.4 is 10.2 Å². The first kappa shape index (κ1) is 13.0. The lowest BCUT2D eigenvalue weighted by atomic mass is 10.4. The summed E-state index contributed by atoms with van der Waals surface area (Å²) in [7, 11) is 1.59.